The Labute approximate surface area is 264 Å². The number of carbonyl (C=O) groups is 4. The predicted octanol–water partition coefficient (Wildman–Crippen LogP) is 3.39. The van der Waals surface area contributed by atoms with Gasteiger partial charge in [0.1, 0.15) is 23.0 Å². The van der Waals surface area contributed by atoms with Gasteiger partial charge in [0.15, 0.2) is 0 Å². The highest BCUT2D eigenvalue weighted by molar-refractivity contribution is 6.00. The summed E-state index contributed by atoms with van der Waals surface area (Å²) in [6.07, 6.45) is 8.84. The molecule has 12 heteroatoms. The summed E-state index contributed by atoms with van der Waals surface area (Å²) >= 11 is 0. The molecule has 3 heterocycles. The molecule has 3 aliphatic carbocycles. The molecular formula is C33H45N7O5. The Bertz CT molecular complexity index is 1460. The molecule has 242 valence electrons. The molecular weight excluding hydrogens is 574 g/mol. The molecule has 12 nitrogen and oxygen atoms in total. The van der Waals surface area contributed by atoms with E-state index in [2.05, 4.69) is 28.0 Å². The van der Waals surface area contributed by atoms with Crippen molar-refractivity contribution < 1.29 is 23.9 Å². The van der Waals surface area contributed by atoms with Crippen LogP contribution in [0.3, 0.4) is 0 Å². The number of aryl methyl sites for hydroxylation is 1. The van der Waals surface area contributed by atoms with Crippen molar-refractivity contribution in [2.75, 3.05) is 25.5 Å². The van der Waals surface area contributed by atoms with Crippen LogP contribution in [0.15, 0.2) is 30.5 Å². The van der Waals surface area contributed by atoms with Crippen molar-refractivity contribution in [3.05, 3.63) is 41.9 Å². The standard InChI is InChI=1S/C33H45N7O5/c1-20(21-11-12-21)35-30(43)33(16-18-40(19-33)31(44)45-4)24-9-6-10-25(36-24)37-29(42)27(38-28(41)23-13-17-34-39(23)3)26(22-7-5-8-22)32(2)14-15-32/h6,9-10,13,17,20-22,26-27H,5,7-8,11-12,14-16,18-19H2,1-4H3,(H,35,43)(H,38,41)(H,36,37,42)/t20?,26?,27-,33?/m0/s1. The van der Waals surface area contributed by atoms with E-state index < -0.39 is 17.6 Å². The summed E-state index contributed by atoms with van der Waals surface area (Å²) in [6, 6.07) is 6.13. The lowest BCUT2D eigenvalue weighted by molar-refractivity contribution is -0.127. The minimum absolute atomic E-state index is 0.0143. The first-order valence-electron chi connectivity index (χ1n) is 16.3. The van der Waals surface area contributed by atoms with E-state index in [0.717, 1.165) is 44.9 Å². The highest BCUT2D eigenvalue weighted by Gasteiger charge is 2.54. The fraction of sp³-hybridized carbons (Fsp3) is 0.636. The Morgan fingerprint density at radius 1 is 1.02 bits per heavy atom. The van der Waals surface area contributed by atoms with Crippen LogP contribution in [-0.4, -0.2) is 75.8 Å². The van der Waals surface area contributed by atoms with E-state index in [1.807, 2.05) is 6.92 Å². The third-order valence-electron chi connectivity index (χ3n) is 10.8. The summed E-state index contributed by atoms with van der Waals surface area (Å²) in [5, 5.41) is 13.4. The number of anilines is 1. The molecule has 1 aliphatic heterocycles. The number of amides is 4. The number of likely N-dealkylation sites (tertiary alicyclic amines) is 1. The second-order valence-corrected chi connectivity index (χ2v) is 13.9. The van der Waals surface area contributed by atoms with Crippen LogP contribution in [0.25, 0.3) is 0 Å². The van der Waals surface area contributed by atoms with Crippen LogP contribution < -0.4 is 16.0 Å². The third-order valence-corrected chi connectivity index (χ3v) is 10.8. The van der Waals surface area contributed by atoms with Crippen molar-refractivity contribution in [1.29, 1.82) is 0 Å². The molecule has 1 saturated heterocycles. The quantitative estimate of drug-likeness (QED) is 0.349. The summed E-state index contributed by atoms with van der Waals surface area (Å²) in [7, 11) is 3.03. The van der Waals surface area contributed by atoms with E-state index in [0.29, 0.717) is 42.0 Å². The van der Waals surface area contributed by atoms with Gasteiger partial charge in [-0.3, -0.25) is 19.1 Å². The van der Waals surface area contributed by atoms with Gasteiger partial charge >= 0.3 is 6.09 Å². The Morgan fingerprint density at radius 2 is 1.78 bits per heavy atom. The van der Waals surface area contributed by atoms with Crippen LogP contribution in [0.2, 0.25) is 0 Å². The molecule has 3 N–H and O–H groups in total. The van der Waals surface area contributed by atoms with Gasteiger partial charge in [0.2, 0.25) is 11.8 Å². The molecule has 4 aliphatic rings. The van der Waals surface area contributed by atoms with Gasteiger partial charge in [-0.2, -0.15) is 5.10 Å². The normalized spacial score (nSPS) is 24.1. The number of hydrogen-bond donors (Lipinski definition) is 3. The second-order valence-electron chi connectivity index (χ2n) is 13.9. The molecule has 0 spiro atoms. The van der Waals surface area contributed by atoms with E-state index in [1.165, 1.54) is 16.7 Å². The van der Waals surface area contributed by atoms with Gasteiger partial charge < -0.3 is 25.6 Å². The predicted molar refractivity (Wildman–Crippen MR) is 166 cm³/mol. The lowest BCUT2D eigenvalue weighted by atomic mass is 9.66. The smallest absolute Gasteiger partial charge is 0.409 e. The average molecular weight is 620 g/mol. The molecule has 2 aromatic rings. The van der Waals surface area contributed by atoms with Crippen LogP contribution in [0.5, 0.6) is 0 Å². The van der Waals surface area contributed by atoms with Crippen molar-refractivity contribution in [3.63, 3.8) is 0 Å². The summed E-state index contributed by atoms with van der Waals surface area (Å²) in [5.41, 5.74) is -0.261. The Morgan fingerprint density at radius 3 is 2.38 bits per heavy atom. The molecule has 45 heavy (non-hydrogen) atoms. The molecule has 6 rings (SSSR count). The number of carbonyl (C=O) groups excluding carboxylic acids is 4. The lowest BCUT2D eigenvalue weighted by Gasteiger charge is -2.42. The Kier molecular flexibility index (Phi) is 8.34. The monoisotopic (exact) mass is 619 g/mol. The molecule has 0 aromatic carbocycles. The molecule has 4 amide bonds. The Balaban J connectivity index is 1.28. The molecule has 0 bridgehead atoms. The second kappa shape index (κ2) is 12.1. The number of nitrogens with zero attached hydrogens (tertiary/aromatic N) is 4. The summed E-state index contributed by atoms with van der Waals surface area (Å²) < 4.78 is 6.47. The van der Waals surface area contributed by atoms with E-state index in [9.17, 15) is 19.2 Å². The van der Waals surface area contributed by atoms with Gasteiger partial charge in [-0.25, -0.2) is 9.78 Å². The van der Waals surface area contributed by atoms with Crippen molar-refractivity contribution in [1.82, 2.24) is 30.3 Å². The molecule has 4 fully saturated rings. The van der Waals surface area contributed by atoms with Crippen molar-refractivity contribution >= 4 is 29.6 Å². The first kappa shape index (κ1) is 31.0. The molecule has 0 radical (unpaired) electrons. The van der Waals surface area contributed by atoms with Gasteiger partial charge in [-0.1, -0.05) is 32.3 Å². The number of hydrogen-bond acceptors (Lipinski definition) is 7. The maximum absolute atomic E-state index is 14.2. The zero-order valence-electron chi connectivity index (χ0n) is 26.7. The fourth-order valence-electron chi connectivity index (χ4n) is 7.34. The topological polar surface area (TPSA) is 148 Å². The molecule has 4 atom stereocenters. The van der Waals surface area contributed by atoms with E-state index in [4.69, 9.17) is 9.72 Å². The molecule has 2 aromatic heterocycles. The van der Waals surface area contributed by atoms with Gasteiger partial charge in [0.05, 0.1) is 12.8 Å². The van der Waals surface area contributed by atoms with Crippen molar-refractivity contribution in [2.45, 2.75) is 82.7 Å². The summed E-state index contributed by atoms with van der Waals surface area (Å²) in [6.45, 7) is 4.70. The lowest BCUT2D eigenvalue weighted by Crippen LogP contribution is -2.54. The van der Waals surface area contributed by atoms with Gasteiger partial charge in [-0.15, -0.1) is 0 Å². The van der Waals surface area contributed by atoms with E-state index >= 15 is 0 Å². The largest absolute Gasteiger partial charge is 0.453 e. The first-order valence-corrected chi connectivity index (χ1v) is 16.3. The SMILES string of the molecule is COC(=O)N1CCC(C(=O)NC(C)C2CC2)(c2cccc(NC(=O)[C@@H](NC(=O)c3ccnn3C)C(C3CCC3)C3(C)CC3)n2)C1. The van der Waals surface area contributed by atoms with Crippen molar-refractivity contribution in [3.8, 4) is 0 Å². The minimum Gasteiger partial charge on any atom is -0.453 e. The number of ether oxygens (including phenoxy) is 1. The van der Waals surface area contributed by atoms with Crippen LogP contribution in [0.4, 0.5) is 10.6 Å². The fourth-order valence-corrected chi connectivity index (χ4v) is 7.34. The van der Waals surface area contributed by atoms with Crippen LogP contribution in [0, 0.1) is 23.2 Å². The van der Waals surface area contributed by atoms with E-state index in [1.54, 1.807) is 37.5 Å². The number of rotatable bonds is 11. The highest BCUT2D eigenvalue weighted by atomic mass is 16.5. The zero-order valence-corrected chi connectivity index (χ0v) is 26.7. The Hall–Kier alpha value is -3.96. The maximum Gasteiger partial charge on any atom is 0.409 e. The van der Waals surface area contributed by atoms with Crippen LogP contribution in [0.1, 0.15) is 81.4 Å². The summed E-state index contributed by atoms with van der Waals surface area (Å²) in [4.78, 5) is 60.3. The molecule has 3 unspecified atom stereocenters. The maximum atomic E-state index is 14.2. The minimum atomic E-state index is -1.10. The number of methoxy groups -OCH3 is 1. The number of aromatic nitrogens is 3. The summed E-state index contributed by atoms with van der Waals surface area (Å²) in [5.74, 6) is 0.224. The number of nitrogens with one attached hydrogen (secondary N) is 3. The average Bonchev–Trinajstić information content (AvgIpc) is 3.89. The highest BCUT2D eigenvalue weighted by Crippen LogP contribution is 2.58. The van der Waals surface area contributed by atoms with Gasteiger partial charge in [-0.05, 0) is 80.4 Å². The zero-order chi connectivity index (χ0) is 31.9. The van der Waals surface area contributed by atoms with E-state index in [-0.39, 0.29) is 41.6 Å². The van der Waals surface area contributed by atoms with Gasteiger partial charge in [0.25, 0.3) is 5.91 Å². The van der Waals surface area contributed by atoms with Crippen molar-refractivity contribution in [2.24, 2.45) is 30.2 Å². The third kappa shape index (κ3) is 6.15. The number of pyridine rings is 1. The van der Waals surface area contributed by atoms with Gasteiger partial charge in [0, 0.05) is 32.4 Å². The van der Waals surface area contributed by atoms with Crippen LogP contribution in [-0.2, 0) is 26.8 Å². The van der Waals surface area contributed by atoms with Crippen LogP contribution >= 0.6 is 0 Å². The molecule has 3 saturated carbocycles. The first-order chi connectivity index (χ1) is 21.5.